The van der Waals surface area contributed by atoms with Crippen LogP contribution in [0, 0.1) is 0 Å². The molecule has 94 valence electrons. The summed E-state index contributed by atoms with van der Waals surface area (Å²) < 4.78 is 5.60. The van der Waals surface area contributed by atoms with E-state index in [4.69, 9.17) is 4.74 Å². The highest BCUT2D eigenvalue weighted by molar-refractivity contribution is 7.99. The summed E-state index contributed by atoms with van der Waals surface area (Å²) in [6.07, 6.45) is 10.7. The van der Waals surface area contributed by atoms with E-state index in [0.29, 0.717) is 12.1 Å². The van der Waals surface area contributed by atoms with E-state index in [1.54, 1.807) is 0 Å². The summed E-state index contributed by atoms with van der Waals surface area (Å²) in [5.41, 5.74) is 0. The lowest BCUT2D eigenvalue weighted by Gasteiger charge is -2.35. The van der Waals surface area contributed by atoms with Crippen molar-refractivity contribution in [2.24, 2.45) is 0 Å². The summed E-state index contributed by atoms with van der Waals surface area (Å²) in [4.78, 5) is 0. The van der Waals surface area contributed by atoms with Crippen LogP contribution in [0.15, 0.2) is 0 Å². The smallest absolute Gasteiger partial charge is 0.0561 e. The van der Waals surface area contributed by atoms with Crippen LogP contribution in [0.4, 0.5) is 0 Å². The zero-order valence-electron chi connectivity index (χ0n) is 10.6. The molecule has 0 bridgehead atoms. The second-order valence-electron chi connectivity index (χ2n) is 5.29. The first-order valence-electron chi connectivity index (χ1n) is 6.68. The third-order valence-electron chi connectivity index (χ3n) is 3.92. The molecule has 0 aromatic carbocycles. The number of ether oxygens (including phenoxy) is 1. The van der Waals surface area contributed by atoms with Gasteiger partial charge in [-0.25, -0.2) is 0 Å². The van der Waals surface area contributed by atoms with Crippen molar-refractivity contribution in [1.82, 2.24) is 5.32 Å². The zero-order chi connectivity index (χ0) is 11.4. The van der Waals surface area contributed by atoms with Crippen molar-refractivity contribution in [1.29, 1.82) is 0 Å². The average molecular weight is 243 g/mol. The molecule has 3 heteroatoms. The number of nitrogens with one attached hydrogen (secondary N) is 1. The van der Waals surface area contributed by atoms with Crippen molar-refractivity contribution in [2.75, 3.05) is 12.9 Å². The van der Waals surface area contributed by atoms with Crippen LogP contribution in [-0.2, 0) is 4.74 Å². The second kappa shape index (κ2) is 6.27. The Morgan fingerprint density at radius 2 is 1.94 bits per heavy atom. The molecular formula is C13H25NOS. The number of rotatable bonds is 3. The van der Waals surface area contributed by atoms with Gasteiger partial charge in [0.15, 0.2) is 0 Å². The summed E-state index contributed by atoms with van der Waals surface area (Å²) in [6.45, 7) is 3.14. The van der Waals surface area contributed by atoms with Crippen molar-refractivity contribution in [2.45, 2.75) is 68.9 Å². The Labute approximate surface area is 104 Å². The average Bonchev–Trinajstić information content (AvgIpc) is 2.29. The van der Waals surface area contributed by atoms with Gasteiger partial charge in [-0.15, -0.1) is 0 Å². The van der Waals surface area contributed by atoms with Crippen LogP contribution < -0.4 is 5.32 Å². The molecule has 1 aliphatic heterocycles. The van der Waals surface area contributed by atoms with Crippen LogP contribution >= 0.6 is 11.8 Å². The quantitative estimate of drug-likeness (QED) is 0.823. The van der Waals surface area contributed by atoms with Crippen molar-refractivity contribution in [3.05, 3.63) is 0 Å². The molecule has 0 aromatic heterocycles. The Morgan fingerprint density at radius 1 is 1.12 bits per heavy atom. The third-order valence-corrected chi connectivity index (χ3v) is 5.01. The largest absolute Gasteiger partial charge is 0.378 e. The minimum atomic E-state index is 0.450. The molecule has 4 unspecified atom stereocenters. The minimum Gasteiger partial charge on any atom is -0.378 e. The lowest BCUT2D eigenvalue weighted by molar-refractivity contribution is 0.0104. The second-order valence-corrected chi connectivity index (χ2v) is 6.43. The highest BCUT2D eigenvalue weighted by atomic mass is 32.2. The lowest BCUT2D eigenvalue weighted by Crippen LogP contribution is -2.45. The van der Waals surface area contributed by atoms with E-state index in [1.807, 2.05) is 11.8 Å². The van der Waals surface area contributed by atoms with Crippen LogP contribution in [0.25, 0.3) is 0 Å². The van der Waals surface area contributed by atoms with Gasteiger partial charge in [0.2, 0.25) is 0 Å². The fourth-order valence-electron chi connectivity index (χ4n) is 2.99. The van der Waals surface area contributed by atoms with E-state index < -0.39 is 0 Å². The number of hydrogen-bond acceptors (Lipinski definition) is 3. The van der Waals surface area contributed by atoms with Crippen LogP contribution in [-0.4, -0.2) is 36.3 Å². The first-order chi connectivity index (χ1) is 7.78. The fraction of sp³-hybridized carbons (Fsp3) is 1.00. The van der Waals surface area contributed by atoms with E-state index >= 15 is 0 Å². The van der Waals surface area contributed by atoms with Gasteiger partial charge in [0.05, 0.1) is 6.10 Å². The Hall–Kier alpha value is 0.270. The van der Waals surface area contributed by atoms with E-state index in [0.717, 1.165) is 17.9 Å². The Morgan fingerprint density at radius 3 is 2.69 bits per heavy atom. The molecule has 1 aliphatic carbocycles. The molecule has 1 heterocycles. The molecule has 2 fully saturated rings. The van der Waals surface area contributed by atoms with E-state index in [9.17, 15) is 0 Å². The van der Waals surface area contributed by atoms with Gasteiger partial charge in [-0.05, 0) is 45.3 Å². The summed E-state index contributed by atoms with van der Waals surface area (Å²) >= 11 is 2.05. The predicted octanol–water partition coefficient (Wildman–Crippen LogP) is 2.82. The molecule has 4 atom stereocenters. The summed E-state index contributed by atoms with van der Waals surface area (Å²) in [5.74, 6) is 0. The number of thioether (sulfide) groups is 1. The maximum atomic E-state index is 5.60. The normalized spacial score (nSPS) is 40.9. The topological polar surface area (TPSA) is 21.3 Å². The van der Waals surface area contributed by atoms with E-state index in [1.165, 1.54) is 38.5 Å². The highest BCUT2D eigenvalue weighted by Gasteiger charge is 2.25. The van der Waals surface area contributed by atoms with Gasteiger partial charge in [0.1, 0.15) is 0 Å². The molecular weight excluding hydrogens is 218 g/mol. The molecule has 16 heavy (non-hydrogen) atoms. The monoisotopic (exact) mass is 243 g/mol. The van der Waals surface area contributed by atoms with Gasteiger partial charge >= 0.3 is 0 Å². The van der Waals surface area contributed by atoms with Gasteiger partial charge in [-0.1, -0.05) is 6.42 Å². The maximum absolute atomic E-state index is 5.60. The van der Waals surface area contributed by atoms with Crippen molar-refractivity contribution < 1.29 is 4.74 Å². The van der Waals surface area contributed by atoms with Crippen molar-refractivity contribution in [3.8, 4) is 0 Å². The van der Waals surface area contributed by atoms with Crippen molar-refractivity contribution in [3.63, 3.8) is 0 Å². The van der Waals surface area contributed by atoms with Crippen LogP contribution in [0.1, 0.15) is 45.4 Å². The molecule has 1 saturated carbocycles. The summed E-state index contributed by atoms with van der Waals surface area (Å²) in [5, 5.41) is 4.75. The van der Waals surface area contributed by atoms with Gasteiger partial charge in [-0.3, -0.25) is 0 Å². The number of hydrogen-bond donors (Lipinski definition) is 1. The molecule has 0 amide bonds. The minimum absolute atomic E-state index is 0.450. The van der Waals surface area contributed by atoms with Crippen LogP contribution in [0.3, 0.4) is 0 Å². The first kappa shape index (κ1) is 12.7. The maximum Gasteiger partial charge on any atom is 0.0561 e. The Kier molecular flexibility index (Phi) is 4.98. The van der Waals surface area contributed by atoms with Gasteiger partial charge in [0.25, 0.3) is 0 Å². The first-order valence-corrected chi connectivity index (χ1v) is 7.97. The highest BCUT2D eigenvalue weighted by Crippen LogP contribution is 2.28. The molecule has 0 radical (unpaired) electrons. The Bertz CT molecular complexity index is 212. The van der Waals surface area contributed by atoms with Gasteiger partial charge in [-0.2, -0.15) is 11.8 Å². The third kappa shape index (κ3) is 3.64. The van der Waals surface area contributed by atoms with Crippen molar-refractivity contribution >= 4 is 11.8 Å². The fourth-order valence-corrected chi connectivity index (χ4v) is 3.82. The predicted molar refractivity (Wildman–Crippen MR) is 71.1 cm³/mol. The molecule has 1 N–H and O–H groups in total. The molecule has 2 nitrogen and oxygen atoms in total. The zero-order valence-corrected chi connectivity index (χ0v) is 11.4. The molecule has 0 aromatic rings. The summed E-state index contributed by atoms with van der Waals surface area (Å²) in [7, 11) is 0. The standard InChI is InChI=1S/C13H25NOS/c1-10-8-12(6-7-15-10)14-11-4-3-5-13(9-11)16-2/h10-14H,3-9H2,1-2H3. The van der Waals surface area contributed by atoms with Gasteiger partial charge < -0.3 is 10.1 Å². The molecule has 2 rings (SSSR count). The van der Waals surface area contributed by atoms with E-state index in [2.05, 4.69) is 18.5 Å². The SMILES string of the molecule is CSC1CCCC(NC2CCOC(C)C2)C1. The molecule has 0 spiro atoms. The van der Waals surface area contributed by atoms with Crippen LogP contribution in [0.2, 0.25) is 0 Å². The van der Waals surface area contributed by atoms with Gasteiger partial charge in [0, 0.05) is 23.9 Å². The van der Waals surface area contributed by atoms with Crippen LogP contribution in [0.5, 0.6) is 0 Å². The van der Waals surface area contributed by atoms with E-state index in [-0.39, 0.29) is 0 Å². The Balaban J connectivity index is 1.75. The molecule has 2 aliphatic rings. The lowest BCUT2D eigenvalue weighted by atomic mass is 9.93. The summed E-state index contributed by atoms with van der Waals surface area (Å²) in [6, 6.07) is 1.47. The molecule has 1 saturated heterocycles.